The number of sulfonamides is 1. The minimum Gasteiger partial charge on any atom is -0.350 e. The van der Waals surface area contributed by atoms with Gasteiger partial charge >= 0.3 is 0 Å². The summed E-state index contributed by atoms with van der Waals surface area (Å²) in [7, 11) is -3.21. The van der Waals surface area contributed by atoms with Crippen molar-refractivity contribution in [2.24, 2.45) is 5.92 Å². The third-order valence-electron chi connectivity index (χ3n) is 3.33. The topological polar surface area (TPSA) is 138 Å². The van der Waals surface area contributed by atoms with E-state index in [9.17, 15) is 8.42 Å². The van der Waals surface area contributed by atoms with E-state index in [4.69, 9.17) is 0 Å². The average molecular weight is 324 g/mol. The van der Waals surface area contributed by atoms with E-state index in [1.807, 2.05) is 0 Å². The average Bonchev–Trinajstić information content (AvgIpc) is 3.17. The van der Waals surface area contributed by atoms with Crippen molar-refractivity contribution in [1.82, 2.24) is 35.3 Å². The molecule has 2 heterocycles. The van der Waals surface area contributed by atoms with Gasteiger partial charge < -0.3 is 5.32 Å². The number of H-pyrrole nitrogens is 1. The molecule has 1 unspecified atom stereocenters. The largest absolute Gasteiger partial charge is 0.350 e. The Morgan fingerprint density at radius 1 is 1.36 bits per heavy atom. The highest BCUT2D eigenvalue weighted by molar-refractivity contribution is 7.88. The highest BCUT2D eigenvalue weighted by Gasteiger charge is 2.32. The van der Waals surface area contributed by atoms with Crippen molar-refractivity contribution in [3.8, 4) is 11.4 Å². The molecular formula is C11H16N8O2S. The maximum absolute atomic E-state index is 11.2. The molecule has 1 fully saturated rings. The van der Waals surface area contributed by atoms with E-state index < -0.39 is 10.0 Å². The molecule has 0 bridgehead atoms. The van der Waals surface area contributed by atoms with Crippen molar-refractivity contribution in [1.29, 1.82) is 0 Å². The van der Waals surface area contributed by atoms with Crippen molar-refractivity contribution in [2.45, 2.75) is 18.9 Å². The molecule has 11 heteroatoms. The quantitative estimate of drug-likeness (QED) is 0.613. The molecule has 0 spiro atoms. The van der Waals surface area contributed by atoms with Crippen molar-refractivity contribution in [2.75, 3.05) is 18.1 Å². The molecule has 2 aromatic rings. The van der Waals surface area contributed by atoms with Gasteiger partial charge in [0.15, 0.2) is 0 Å². The Kier molecular flexibility index (Phi) is 3.98. The minimum atomic E-state index is -3.21. The van der Waals surface area contributed by atoms with Crippen LogP contribution >= 0.6 is 0 Å². The molecule has 118 valence electrons. The Balaban J connectivity index is 1.65. The first-order valence-electron chi connectivity index (χ1n) is 6.78. The standard InChI is InChI=1S/C11H16N8O2S/c1-22(20,21)14-6-9(7-2-3-7)15-11-12-4-8(5-13-11)10-16-18-19-17-10/h4-5,7,9,14H,2-3,6H2,1H3,(H,12,13,15)(H,16,17,18,19). The van der Waals surface area contributed by atoms with Gasteiger partial charge in [-0.2, -0.15) is 5.21 Å². The summed E-state index contributed by atoms with van der Waals surface area (Å²) in [6, 6.07) is -0.0225. The van der Waals surface area contributed by atoms with Crippen LogP contribution in [0.5, 0.6) is 0 Å². The lowest BCUT2D eigenvalue weighted by Crippen LogP contribution is -2.37. The smallest absolute Gasteiger partial charge is 0.222 e. The van der Waals surface area contributed by atoms with Crippen LogP contribution in [0.1, 0.15) is 12.8 Å². The lowest BCUT2D eigenvalue weighted by atomic mass is 10.2. The third-order valence-corrected chi connectivity index (χ3v) is 4.02. The molecule has 1 aliphatic rings. The van der Waals surface area contributed by atoms with E-state index in [0.717, 1.165) is 19.1 Å². The van der Waals surface area contributed by atoms with Crippen molar-refractivity contribution in [3.05, 3.63) is 12.4 Å². The summed E-state index contributed by atoms with van der Waals surface area (Å²) in [5.74, 6) is 1.30. The summed E-state index contributed by atoms with van der Waals surface area (Å²) < 4.78 is 24.9. The maximum atomic E-state index is 11.2. The molecule has 1 aliphatic carbocycles. The first-order valence-corrected chi connectivity index (χ1v) is 8.67. The molecule has 0 radical (unpaired) electrons. The lowest BCUT2D eigenvalue weighted by molar-refractivity contribution is 0.565. The predicted octanol–water partition coefficient (Wildman–Crippen LogP) is -0.604. The Morgan fingerprint density at radius 2 is 2.09 bits per heavy atom. The van der Waals surface area contributed by atoms with Gasteiger partial charge in [-0.3, -0.25) is 0 Å². The zero-order valence-corrected chi connectivity index (χ0v) is 12.7. The summed E-state index contributed by atoms with van der Waals surface area (Å²) in [5.41, 5.74) is 0.650. The number of hydrogen-bond donors (Lipinski definition) is 3. The minimum absolute atomic E-state index is 0.0225. The zero-order valence-electron chi connectivity index (χ0n) is 11.9. The molecule has 22 heavy (non-hydrogen) atoms. The molecule has 0 aliphatic heterocycles. The van der Waals surface area contributed by atoms with Crippen molar-refractivity contribution >= 4 is 16.0 Å². The van der Waals surface area contributed by atoms with Crippen LogP contribution in [0.4, 0.5) is 5.95 Å². The Bertz CT molecular complexity index is 711. The van der Waals surface area contributed by atoms with Crippen LogP contribution in [-0.4, -0.2) is 57.9 Å². The molecular weight excluding hydrogens is 308 g/mol. The number of rotatable bonds is 7. The van der Waals surface area contributed by atoms with Crippen LogP contribution in [0.15, 0.2) is 12.4 Å². The fourth-order valence-corrected chi connectivity index (χ4v) is 2.53. The van der Waals surface area contributed by atoms with Crippen LogP contribution in [0.3, 0.4) is 0 Å². The van der Waals surface area contributed by atoms with E-state index in [-0.39, 0.29) is 6.04 Å². The SMILES string of the molecule is CS(=O)(=O)NCC(Nc1ncc(-c2nn[nH]n2)cn1)C1CC1. The molecule has 2 aromatic heterocycles. The van der Waals surface area contributed by atoms with Gasteiger partial charge in [0.2, 0.25) is 21.8 Å². The molecule has 0 aromatic carbocycles. The van der Waals surface area contributed by atoms with Crippen LogP contribution < -0.4 is 10.0 Å². The van der Waals surface area contributed by atoms with Gasteiger partial charge in [-0.05, 0) is 24.0 Å². The lowest BCUT2D eigenvalue weighted by Gasteiger charge is -2.18. The second kappa shape index (κ2) is 5.93. The Labute approximate surface area is 127 Å². The van der Waals surface area contributed by atoms with Gasteiger partial charge in [0.1, 0.15) is 0 Å². The maximum Gasteiger partial charge on any atom is 0.222 e. The highest BCUT2D eigenvalue weighted by atomic mass is 32.2. The monoisotopic (exact) mass is 324 g/mol. The molecule has 3 rings (SSSR count). The van der Waals surface area contributed by atoms with Crippen molar-refractivity contribution < 1.29 is 8.42 Å². The fourth-order valence-electron chi connectivity index (χ4n) is 2.04. The number of nitrogens with one attached hydrogen (secondary N) is 3. The molecule has 1 saturated carbocycles. The normalized spacial score (nSPS) is 16.4. The number of aromatic amines is 1. The van der Waals surface area contributed by atoms with E-state index in [0.29, 0.717) is 29.8 Å². The number of aromatic nitrogens is 6. The molecule has 10 nitrogen and oxygen atoms in total. The second-order valence-corrected chi connectivity index (χ2v) is 7.07. The summed E-state index contributed by atoms with van der Waals surface area (Å²) in [6.45, 7) is 0.319. The fraction of sp³-hybridized carbons (Fsp3) is 0.545. The number of nitrogens with zero attached hydrogens (tertiary/aromatic N) is 5. The molecule has 0 amide bonds. The summed E-state index contributed by atoms with van der Waals surface area (Å²) in [5, 5.41) is 16.7. The van der Waals surface area contributed by atoms with E-state index >= 15 is 0 Å². The predicted molar refractivity (Wildman–Crippen MR) is 78.2 cm³/mol. The molecule has 3 N–H and O–H groups in total. The summed E-state index contributed by atoms with van der Waals surface area (Å²) in [4.78, 5) is 8.42. The summed E-state index contributed by atoms with van der Waals surface area (Å²) in [6.07, 6.45) is 6.48. The highest BCUT2D eigenvalue weighted by Crippen LogP contribution is 2.33. The molecule has 1 atom stereocenters. The third kappa shape index (κ3) is 3.95. The molecule has 0 saturated heterocycles. The summed E-state index contributed by atoms with van der Waals surface area (Å²) >= 11 is 0. The first-order chi connectivity index (χ1) is 10.5. The Morgan fingerprint density at radius 3 is 2.64 bits per heavy atom. The van der Waals surface area contributed by atoms with Gasteiger partial charge in [0.25, 0.3) is 0 Å². The van der Waals surface area contributed by atoms with Crippen LogP contribution in [0.25, 0.3) is 11.4 Å². The van der Waals surface area contributed by atoms with E-state index in [2.05, 4.69) is 40.6 Å². The van der Waals surface area contributed by atoms with Gasteiger partial charge in [-0.15, -0.1) is 10.2 Å². The number of tetrazole rings is 1. The second-order valence-electron chi connectivity index (χ2n) is 5.24. The van der Waals surface area contributed by atoms with Crippen LogP contribution in [0, 0.1) is 5.92 Å². The van der Waals surface area contributed by atoms with Gasteiger partial charge in [-0.25, -0.2) is 23.1 Å². The first kappa shape index (κ1) is 14.8. The van der Waals surface area contributed by atoms with Crippen LogP contribution in [-0.2, 0) is 10.0 Å². The van der Waals surface area contributed by atoms with Crippen molar-refractivity contribution in [3.63, 3.8) is 0 Å². The van der Waals surface area contributed by atoms with Gasteiger partial charge in [-0.1, -0.05) is 0 Å². The van der Waals surface area contributed by atoms with E-state index in [1.165, 1.54) is 0 Å². The van der Waals surface area contributed by atoms with Gasteiger partial charge in [0, 0.05) is 25.0 Å². The number of anilines is 1. The number of hydrogen-bond acceptors (Lipinski definition) is 8. The van der Waals surface area contributed by atoms with Crippen LogP contribution in [0.2, 0.25) is 0 Å². The van der Waals surface area contributed by atoms with E-state index in [1.54, 1.807) is 12.4 Å². The van der Waals surface area contributed by atoms with Gasteiger partial charge in [0.05, 0.1) is 11.8 Å². The Hall–Kier alpha value is -2.14. The zero-order chi connectivity index (χ0) is 15.6.